The van der Waals surface area contributed by atoms with Crippen molar-refractivity contribution in [3.63, 3.8) is 0 Å². The van der Waals surface area contributed by atoms with Crippen molar-refractivity contribution in [1.82, 2.24) is 15.1 Å². The van der Waals surface area contributed by atoms with Gasteiger partial charge in [-0.3, -0.25) is 9.59 Å². The van der Waals surface area contributed by atoms with Crippen LogP contribution in [-0.2, 0) is 9.59 Å². The molecule has 2 saturated heterocycles. The number of hydrogen-bond donors (Lipinski definition) is 1. The highest BCUT2D eigenvalue weighted by Crippen LogP contribution is 2.19. The molecule has 6 heteroatoms. The lowest BCUT2D eigenvalue weighted by Gasteiger charge is -2.34. The molecule has 0 bridgehead atoms. The molecule has 2 aliphatic heterocycles. The molecule has 1 N–H and O–H groups in total. The Morgan fingerprint density at radius 2 is 1.70 bits per heavy atom. The molecule has 0 aromatic heterocycles. The van der Waals surface area contributed by atoms with Gasteiger partial charge in [0.25, 0.3) is 5.91 Å². The van der Waals surface area contributed by atoms with Gasteiger partial charge in [-0.25, -0.2) is 0 Å². The Balaban J connectivity index is 1.36. The zero-order valence-electron chi connectivity index (χ0n) is 16.2. The maximum atomic E-state index is 12.6. The summed E-state index contributed by atoms with van der Waals surface area (Å²) in [5.74, 6) is 0.879. The Morgan fingerprint density at radius 1 is 1.04 bits per heavy atom. The molecule has 2 fully saturated rings. The van der Waals surface area contributed by atoms with Gasteiger partial charge in [0, 0.05) is 38.1 Å². The minimum atomic E-state index is -0.00958. The van der Waals surface area contributed by atoms with E-state index < -0.39 is 0 Å². The van der Waals surface area contributed by atoms with E-state index in [1.165, 1.54) is 0 Å². The summed E-state index contributed by atoms with van der Waals surface area (Å²) in [6.07, 6.45) is 3.54. The van der Waals surface area contributed by atoms with Gasteiger partial charge in [0.2, 0.25) is 5.91 Å². The summed E-state index contributed by atoms with van der Waals surface area (Å²) in [5, 5.41) is 3.23. The summed E-state index contributed by atoms with van der Waals surface area (Å²) < 4.78 is 5.54. The molecule has 27 heavy (non-hydrogen) atoms. The van der Waals surface area contributed by atoms with Crippen LogP contribution in [0.25, 0.3) is 0 Å². The van der Waals surface area contributed by atoms with Crippen molar-refractivity contribution >= 4 is 11.8 Å². The van der Waals surface area contributed by atoms with Crippen molar-refractivity contribution in [2.24, 2.45) is 5.92 Å². The first-order chi connectivity index (χ1) is 13.2. The zero-order valence-corrected chi connectivity index (χ0v) is 16.2. The van der Waals surface area contributed by atoms with Gasteiger partial charge in [0.15, 0.2) is 6.61 Å². The van der Waals surface area contributed by atoms with Crippen molar-refractivity contribution < 1.29 is 14.3 Å². The van der Waals surface area contributed by atoms with Crippen LogP contribution in [0.2, 0.25) is 0 Å². The Morgan fingerprint density at radius 3 is 2.33 bits per heavy atom. The molecular formula is C21H31N3O3. The lowest BCUT2D eigenvalue weighted by Crippen LogP contribution is -2.49. The minimum Gasteiger partial charge on any atom is -0.484 e. The molecule has 2 amide bonds. The lowest BCUT2D eigenvalue weighted by atomic mass is 9.94. The van der Waals surface area contributed by atoms with Crippen molar-refractivity contribution in [3.8, 4) is 5.75 Å². The maximum Gasteiger partial charge on any atom is 0.260 e. The first kappa shape index (κ1) is 19.7. The average Bonchev–Trinajstić information content (AvgIpc) is 2.73. The first-order valence-electron chi connectivity index (χ1n) is 10.1. The fraction of sp³-hybridized carbons (Fsp3) is 0.619. The SMILES string of the molecule is CCN1CCC(NC(=O)C2CCN(C(=O)COc3ccccc3)CC2)CC1. The van der Waals surface area contributed by atoms with Crippen LogP contribution in [0.3, 0.4) is 0 Å². The standard InChI is InChI=1S/C21H31N3O3/c1-2-23-12-10-18(11-13-23)22-21(26)17-8-14-24(15-9-17)20(25)16-27-19-6-4-3-5-7-19/h3-7,17-18H,2,8-16H2,1H3,(H,22,26). The fourth-order valence-electron chi connectivity index (χ4n) is 3.86. The molecule has 6 nitrogen and oxygen atoms in total. The number of hydrogen-bond acceptors (Lipinski definition) is 4. The largest absolute Gasteiger partial charge is 0.484 e. The molecule has 148 valence electrons. The Labute approximate surface area is 161 Å². The summed E-state index contributed by atoms with van der Waals surface area (Å²) in [4.78, 5) is 29.1. The van der Waals surface area contributed by atoms with E-state index in [0.717, 1.165) is 45.3 Å². The van der Waals surface area contributed by atoms with E-state index in [2.05, 4.69) is 17.1 Å². The third-order valence-electron chi connectivity index (χ3n) is 5.71. The Hall–Kier alpha value is -2.08. The highest BCUT2D eigenvalue weighted by Gasteiger charge is 2.29. The number of nitrogens with zero attached hydrogens (tertiary/aromatic N) is 2. The van der Waals surface area contributed by atoms with Crippen LogP contribution in [0.15, 0.2) is 30.3 Å². The molecule has 0 aliphatic carbocycles. The highest BCUT2D eigenvalue weighted by atomic mass is 16.5. The molecule has 0 unspecified atom stereocenters. The zero-order chi connectivity index (χ0) is 19.1. The Bertz CT molecular complexity index is 606. The second-order valence-corrected chi connectivity index (χ2v) is 7.47. The van der Waals surface area contributed by atoms with E-state index in [0.29, 0.717) is 24.9 Å². The molecule has 0 radical (unpaired) electrons. The number of rotatable bonds is 6. The fourth-order valence-corrected chi connectivity index (χ4v) is 3.86. The van der Waals surface area contributed by atoms with Crippen LogP contribution >= 0.6 is 0 Å². The van der Waals surface area contributed by atoms with Crippen LogP contribution in [0, 0.1) is 5.92 Å². The number of amides is 2. The summed E-state index contributed by atoms with van der Waals surface area (Å²) in [5.41, 5.74) is 0. The van der Waals surface area contributed by atoms with Gasteiger partial charge < -0.3 is 19.9 Å². The molecular weight excluding hydrogens is 342 g/mol. The smallest absolute Gasteiger partial charge is 0.260 e. The van der Waals surface area contributed by atoms with E-state index in [4.69, 9.17) is 4.74 Å². The van der Waals surface area contributed by atoms with Gasteiger partial charge in [0.05, 0.1) is 0 Å². The van der Waals surface area contributed by atoms with Crippen LogP contribution in [0.1, 0.15) is 32.6 Å². The van der Waals surface area contributed by atoms with Gasteiger partial charge in [-0.15, -0.1) is 0 Å². The number of piperidine rings is 2. The van der Waals surface area contributed by atoms with Crippen molar-refractivity contribution in [3.05, 3.63) is 30.3 Å². The van der Waals surface area contributed by atoms with Crippen molar-refractivity contribution in [2.45, 2.75) is 38.6 Å². The second-order valence-electron chi connectivity index (χ2n) is 7.47. The van der Waals surface area contributed by atoms with Crippen LogP contribution < -0.4 is 10.1 Å². The third-order valence-corrected chi connectivity index (χ3v) is 5.71. The van der Waals surface area contributed by atoms with E-state index >= 15 is 0 Å². The van der Waals surface area contributed by atoms with Gasteiger partial charge in [-0.1, -0.05) is 25.1 Å². The van der Waals surface area contributed by atoms with Gasteiger partial charge in [0.1, 0.15) is 5.75 Å². The van der Waals surface area contributed by atoms with E-state index in [9.17, 15) is 9.59 Å². The summed E-state index contributed by atoms with van der Waals surface area (Å²) >= 11 is 0. The summed E-state index contributed by atoms with van der Waals surface area (Å²) in [7, 11) is 0. The topological polar surface area (TPSA) is 61.9 Å². The number of ether oxygens (including phenoxy) is 1. The number of carbonyl (C=O) groups is 2. The van der Waals surface area contributed by atoms with Crippen LogP contribution in [-0.4, -0.2) is 67.0 Å². The quantitative estimate of drug-likeness (QED) is 0.827. The van der Waals surface area contributed by atoms with Crippen LogP contribution in [0.4, 0.5) is 0 Å². The summed E-state index contributed by atoms with van der Waals surface area (Å²) in [6.45, 7) is 6.70. The maximum absolute atomic E-state index is 12.6. The monoisotopic (exact) mass is 373 g/mol. The normalized spacial score (nSPS) is 19.7. The van der Waals surface area contributed by atoms with Gasteiger partial charge in [-0.05, 0) is 44.4 Å². The number of nitrogens with one attached hydrogen (secondary N) is 1. The summed E-state index contributed by atoms with van der Waals surface area (Å²) in [6, 6.07) is 9.67. The number of benzene rings is 1. The molecule has 1 aromatic rings. The molecule has 0 atom stereocenters. The van der Waals surface area contributed by atoms with E-state index in [1.807, 2.05) is 35.2 Å². The highest BCUT2D eigenvalue weighted by molar-refractivity contribution is 5.80. The van der Waals surface area contributed by atoms with Crippen LogP contribution in [0.5, 0.6) is 5.75 Å². The van der Waals surface area contributed by atoms with Gasteiger partial charge >= 0.3 is 0 Å². The number of para-hydroxylation sites is 1. The third kappa shape index (κ3) is 5.70. The van der Waals surface area contributed by atoms with Gasteiger partial charge in [-0.2, -0.15) is 0 Å². The molecule has 2 heterocycles. The number of likely N-dealkylation sites (tertiary alicyclic amines) is 2. The Kier molecular flexibility index (Phi) is 7.10. The first-order valence-corrected chi connectivity index (χ1v) is 10.1. The van der Waals surface area contributed by atoms with E-state index in [-0.39, 0.29) is 24.3 Å². The number of carbonyl (C=O) groups excluding carboxylic acids is 2. The second kappa shape index (κ2) is 9.74. The lowest BCUT2D eigenvalue weighted by molar-refractivity contribution is -0.137. The van der Waals surface area contributed by atoms with Crippen molar-refractivity contribution in [1.29, 1.82) is 0 Å². The molecule has 3 rings (SSSR count). The van der Waals surface area contributed by atoms with Crippen molar-refractivity contribution in [2.75, 3.05) is 39.3 Å². The predicted octanol–water partition coefficient (Wildman–Crippen LogP) is 1.90. The molecule has 0 saturated carbocycles. The minimum absolute atomic E-state index is 0.00958. The molecule has 1 aromatic carbocycles. The van der Waals surface area contributed by atoms with E-state index in [1.54, 1.807) is 0 Å². The molecule has 0 spiro atoms. The predicted molar refractivity (Wildman–Crippen MR) is 105 cm³/mol. The average molecular weight is 373 g/mol. The molecule has 2 aliphatic rings.